The van der Waals surface area contributed by atoms with Crippen molar-refractivity contribution in [2.45, 2.75) is 55.1 Å². The summed E-state index contributed by atoms with van der Waals surface area (Å²) in [6.45, 7) is -1.70. The molecule has 0 aromatic rings. The number of ether oxygens (including phenoxy) is 2. The van der Waals surface area contributed by atoms with Crippen LogP contribution in [0.5, 0.6) is 0 Å². The Kier molecular flexibility index (Phi) is 7.88. The highest BCUT2D eigenvalue weighted by Crippen LogP contribution is 2.24. The zero-order valence-corrected chi connectivity index (χ0v) is 12.5. The van der Waals surface area contributed by atoms with Gasteiger partial charge in [-0.15, -0.1) is 0 Å². The Bertz CT molecular complexity index is 408. The molecule has 4 unspecified atom stereocenters. The summed E-state index contributed by atoms with van der Waals surface area (Å²) in [4.78, 5) is 10.9. The van der Waals surface area contributed by atoms with Crippen LogP contribution < -0.4 is 5.73 Å². The van der Waals surface area contributed by atoms with E-state index in [9.17, 15) is 35.4 Å². The molecule has 1 fully saturated rings. The molecule has 142 valence electrons. The molecule has 12 heteroatoms. The van der Waals surface area contributed by atoms with E-state index in [-0.39, 0.29) is 0 Å². The third-order valence-electron chi connectivity index (χ3n) is 3.66. The first kappa shape index (κ1) is 21.1. The van der Waals surface area contributed by atoms with Crippen molar-refractivity contribution in [2.24, 2.45) is 5.73 Å². The maximum Gasteiger partial charge on any atom is 0.249 e. The van der Waals surface area contributed by atoms with Gasteiger partial charge in [-0.25, -0.2) is 0 Å². The SMILES string of the molecule is NC(=O)C(O)C(O)C(O[C@H]1O[C@H](CO)[C@@H](O)[C@H](O)[C@H]1O)C(O)CO. The fourth-order valence-electron chi connectivity index (χ4n) is 2.19. The van der Waals surface area contributed by atoms with Crippen LogP contribution in [-0.2, 0) is 14.3 Å². The van der Waals surface area contributed by atoms with E-state index in [0.717, 1.165) is 0 Å². The molecular formula is C12H23NO11. The van der Waals surface area contributed by atoms with E-state index >= 15 is 0 Å². The molecule has 1 amide bonds. The van der Waals surface area contributed by atoms with Gasteiger partial charge in [-0.3, -0.25) is 4.79 Å². The van der Waals surface area contributed by atoms with Crippen LogP contribution in [0.15, 0.2) is 0 Å². The minimum absolute atomic E-state index is 0.746. The summed E-state index contributed by atoms with van der Waals surface area (Å²) in [5.74, 6) is -1.34. The normalized spacial score (nSPS) is 35.9. The van der Waals surface area contributed by atoms with Crippen molar-refractivity contribution in [2.75, 3.05) is 13.2 Å². The van der Waals surface area contributed by atoms with E-state index in [4.69, 9.17) is 25.4 Å². The maximum atomic E-state index is 10.9. The summed E-state index contributed by atoms with van der Waals surface area (Å²) in [6.07, 6.45) is -16.3. The number of carbonyl (C=O) groups is 1. The maximum absolute atomic E-state index is 10.9. The number of hydrogen-bond acceptors (Lipinski definition) is 11. The molecule has 0 aromatic heterocycles. The van der Waals surface area contributed by atoms with Gasteiger partial charge in [-0.1, -0.05) is 0 Å². The monoisotopic (exact) mass is 357 g/mol. The molecule has 0 aliphatic carbocycles. The molecule has 12 nitrogen and oxygen atoms in total. The Labute approximate surface area is 136 Å². The first-order valence-electron chi connectivity index (χ1n) is 7.06. The molecule has 24 heavy (non-hydrogen) atoms. The molecule has 1 aliphatic rings. The topological polar surface area (TPSA) is 223 Å². The number of amides is 1. The van der Waals surface area contributed by atoms with Crippen molar-refractivity contribution in [1.82, 2.24) is 0 Å². The van der Waals surface area contributed by atoms with E-state index in [1.807, 2.05) is 0 Å². The van der Waals surface area contributed by atoms with Gasteiger partial charge in [-0.2, -0.15) is 0 Å². The lowest BCUT2D eigenvalue weighted by molar-refractivity contribution is -0.326. The highest BCUT2D eigenvalue weighted by molar-refractivity contribution is 5.79. The zero-order chi connectivity index (χ0) is 18.6. The van der Waals surface area contributed by atoms with Crippen molar-refractivity contribution >= 4 is 5.91 Å². The van der Waals surface area contributed by atoms with Crippen LogP contribution in [0.4, 0.5) is 0 Å². The first-order valence-corrected chi connectivity index (χ1v) is 7.06. The van der Waals surface area contributed by atoms with Crippen LogP contribution in [0.1, 0.15) is 0 Å². The molecule has 1 aliphatic heterocycles. The number of aliphatic hydroxyl groups excluding tert-OH is 8. The van der Waals surface area contributed by atoms with Gasteiger partial charge in [0.05, 0.1) is 13.2 Å². The molecule has 1 heterocycles. The number of primary amides is 1. The average molecular weight is 357 g/mol. The number of carbonyl (C=O) groups excluding carboxylic acids is 1. The van der Waals surface area contributed by atoms with Gasteiger partial charge in [0.25, 0.3) is 0 Å². The highest BCUT2D eigenvalue weighted by atomic mass is 16.7. The van der Waals surface area contributed by atoms with Crippen molar-refractivity contribution < 1.29 is 55.1 Å². The molecular weight excluding hydrogens is 334 g/mol. The highest BCUT2D eigenvalue weighted by Gasteiger charge is 2.47. The van der Waals surface area contributed by atoms with Crippen molar-refractivity contribution in [3.63, 3.8) is 0 Å². The summed E-state index contributed by atoms with van der Waals surface area (Å²) >= 11 is 0. The molecule has 0 saturated carbocycles. The van der Waals surface area contributed by atoms with Gasteiger partial charge in [0.15, 0.2) is 12.4 Å². The predicted molar refractivity (Wildman–Crippen MR) is 72.9 cm³/mol. The van der Waals surface area contributed by atoms with E-state index in [2.05, 4.69) is 0 Å². The predicted octanol–water partition coefficient (Wildman–Crippen LogP) is -6.27. The van der Waals surface area contributed by atoms with Crippen molar-refractivity contribution in [3.8, 4) is 0 Å². The Morgan fingerprint density at radius 1 is 1.08 bits per heavy atom. The Hall–Kier alpha value is -0.930. The molecule has 1 rings (SSSR count). The lowest BCUT2D eigenvalue weighted by Crippen LogP contribution is -2.62. The lowest BCUT2D eigenvalue weighted by atomic mass is 9.98. The molecule has 1 saturated heterocycles. The van der Waals surface area contributed by atoms with Crippen LogP contribution in [0, 0.1) is 0 Å². The molecule has 0 bridgehead atoms. The van der Waals surface area contributed by atoms with E-state index in [1.165, 1.54) is 0 Å². The van der Waals surface area contributed by atoms with Crippen LogP contribution in [0.2, 0.25) is 0 Å². The van der Waals surface area contributed by atoms with Gasteiger partial charge in [0, 0.05) is 0 Å². The largest absolute Gasteiger partial charge is 0.394 e. The molecule has 0 aromatic carbocycles. The Morgan fingerprint density at radius 2 is 1.67 bits per heavy atom. The van der Waals surface area contributed by atoms with Gasteiger partial charge < -0.3 is 56.1 Å². The van der Waals surface area contributed by atoms with Gasteiger partial charge in [-0.05, 0) is 0 Å². The molecule has 9 atom stereocenters. The second kappa shape index (κ2) is 8.96. The average Bonchev–Trinajstić information content (AvgIpc) is 2.57. The Morgan fingerprint density at radius 3 is 2.12 bits per heavy atom. The Balaban J connectivity index is 2.94. The minimum atomic E-state index is -2.17. The fraction of sp³-hybridized carbons (Fsp3) is 0.917. The summed E-state index contributed by atoms with van der Waals surface area (Å²) in [6, 6.07) is 0. The van der Waals surface area contributed by atoms with Gasteiger partial charge in [0.1, 0.15) is 42.7 Å². The van der Waals surface area contributed by atoms with E-state index < -0.39 is 74.2 Å². The van der Waals surface area contributed by atoms with Crippen LogP contribution in [0.25, 0.3) is 0 Å². The molecule has 0 spiro atoms. The van der Waals surface area contributed by atoms with E-state index in [1.54, 1.807) is 0 Å². The fourth-order valence-corrected chi connectivity index (χ4v) is 2.19. The molecule has 10 N–H and O–H groups in total. The number of nitrogens with two attached hydrogens (primary N) is 1. The summed E-state index contributed by atoms with van der Waals surface area (Å²) in [5.41, 5.74) is 4.83. The number of aliphatic hydroxyl groups is 8. The zero-order valence-electron chi connectivity index (χ0n) is 12.5. The summed E-state index contributed by atoms with van der Waals surface area (Å²) < 4.78 is 10.1. The summed E-state index contributed by atoms with van der Waals surface area (Å²) in [5, 5.41) is 76.2. The number of hydrogen-bond donors (Lipinski definition) is 9. The van der Waals surface area contributed by atoms with Gasteiger partial charge in [0.2, 0.25) is 5.91 Å². The van der Waals surface area contributed by atoms with Crippen LogP contribution in [0.3, 0.4) is 0 Å². The summed E-state index contributed by atoms with van der Waals surface area (Å²) in [7, 11) is 0. The van der Waals surface area contributed by atoms with E-state index in [0.29, 0.717) is 0 Å². The smallest absolute Gasteiger partial charge is 0.249 e. The standard InChI is InChI=1S/C12H23NO11/c13-11(22)8(20)7(19)10(3(16)1-14)24-12-9(21)6(18)5(17)4(2-15)23-12/h3-10,12,14-21H,1-2H2,(H2,13,22)/t3?,4-,5-,6+,7?,8?,9-,10?,12-/m1/s1. The minimum Gasteiger partial charge on any atom is -0.394 e. The van der Waals surface area contributed by atoms with Gasteiger partial charge >= 0.3 is 0 Å². The second-order valence-electron chi connectivity index (χ2n) is 5.39. The van der Waals surface area contributed by atoms with Crippen molar-refractivity contribution in [1.29, 1.82) is 0 Å². The quantitative estimate of drug-likeness (QED) is 0.198. The third kappa shape index (κ3) is 4.58. The van der Waals surface area contributed by atoms with Crippen LogP contribution in [-0.4, -0.2) is 115 Å². The first-order chi connectivity index (χ1) is 11.1. The second-order valence-corrected chi connectivity index (χ2v) is 5.39. The van der Waals surface area contributed by atoms with Crippen molar-refractivity contribution in [3.05, 3.63) is 0 Å². The number of rotatable bonds is 8. The lowest BCUT2D eigenvalue weighted by Gasteiger charge is -2.42. The molecule has 0 radical (unpaired) electrons. The third-order valence-corrected chi connectivity index (χ3v) is 3.66. The van der Waals surface area contributed by atoms with Crippen LogP contribution >= 0.6 is 0 Å².